The highest BCUT2D eigenvalue weighted by Gasteiger charge is 2.19. The molecule has 160 valence electrons. The summed E-state index contributed by atoms with van der Waals surface area (Å²) in [6.45, 7) is 11.3. The van der Waals surface area contributed by atoms with Crippen LogP contribution in [0.25, 0.3) is 32.7 Å². The molecule has 31 heavy (non-hydrogen) atoms. The molecule has 0 amide bonds. The van der Waals surface area contributed by atoms with Crippen molar-refractivity contribution < 1.29 is 0 Å². The van der Waals surface area contributed by atoms with Crippen LogP contribution in [0.5, 0.6) is 0 Å². The number of fused-ring (bicyclic) bond motifs is 3. The van der Waals surface area contributed by atoms with Crippen LogP contribution >= 0.6 is 0 Å². The van der Waals surface area contributed by atoms with Crippen LogP contribution < -0.4 is 0 Å². The van der Waals surface area contributed by atoms with Crippen molar-refractivity contribution in [1.29, 1.82) is 0 Å². The molecule has 0 saturated carbocycles. The van der Waals surface area contributed by atoms with Crippen molar-refractivity contribution in [3.8, 4) is 11.1 Å². The molecule has 0 aliphatic rings. The third kappa shape index (κ3) is 4.40. The predicted octanol–water partition coefficient (Wildman–Crippen LogP) is 9.34. The van der Waals surface area contributed by atoms with Crippen molar-refractivity contribution in [3.63, 3.8) is 0 Å². The van der Waals surface area contributed by atoms with E-state index in [-0.39, 0.29) is 0 Å². The molecule has 0 fully saturated rings. The van der Waals surface area contributed by atoms with Crippen LogP contribution in [0.15, 0.2) is 60.7 Å². The number of aryl methyl sites for hydroxylation is 3. The minimum atomic E-state index is 0.733. The molecule has 0 N–H and O–H groups in total. The van der Waals surface area contributed by atoms with Crippen LogP contribution in [0.2, 0.25) is 0 Å². The topological polar surface area (TPSA) is 0 Å². The lowest BCUT2D eigenvalue weighted by Crippen LogP contribution is -2.06. The van der Waals surface area contributed by atoms with Crippen molar-refractivity contribution in [2.24, 2.45) is 5.92 Å². The molecular weight excluding hydrogens is 372 g/mol. The zero-order valence-electron chi connectivity index (χ0n) is 19.9. The first kappa shape index (κ1) is 21.6. The summed E-state index contributed by atoms with van der Waals surface area (Å²) in [5.74, 6) is 0.733. The van der Waals surface area contributed by atoms with Crippen molar-refractivity contribution in [2.75, 3.05) is 0 Å². The lowest BCUT2D eigenvalue weighted by atomic mass is 9.81. The van der Waals surface area contributed by atoms with Gasteiger partial charge in [-0.15, -0.1) is 0 Å². The smallest absolute Gasteiger partial charge is 0.00668 e. The van der Waals surface area contributed by atoms with Gasteiger partial charge in [-0.3, -0.25) is 0 Å². The van der Waals surface area contributed by atoms with E-state index in [1.807, 2.05) is 0 Å². The monoisotopic (exact) mass is 408 g/mol. The summed E-state index contributed by atoms with van der Waals surface area (Å²) in [7, 11) is 0. The largest absolute Gasteiger partial charge is 0.0654 e. The summed E-state index contributed by atoms with van der Waals surface area (Å²) in [6, 6.07) is 23.2. The number of unbranched alkanes of at least 4 members (excludes halogenated alkanes) is 1. The summed E-state index contributed by atoms with van der Waals surface area (Å²) >= 11 is 0. The van der Waals surface area contributed by atoms with Gasteiger partial charge < -0.3 is 0 Å². The molecule has 0 saturated heterocycles. The highest BCUT2D eigenvalue weighted by molar-refractivity contribution is 6.16. The van der Waals surface area contributed by atoms with Gasteiger partial charge in [-0.1, -0.05) is 117 Å². The Morgan fingerprint density at radius 3 is 1.84 bits per heavy atom. The molecule has 0 spiro atoms. The number of hydrogen-bond acceptors (Lipinski definition) is 0. The summed E-state index contributed by atoms with van der Waals surface area (Å²) in [6.07, 6.45) is 6.32. The van der Waals surface area contributed by atoms with Crippen LogP contribution in [-0.2, 0) is 6.42 Å². The standard InChI is InChI=1S/C31H36/c1-6-8-9-24(7-2)20-30-26-16-12-22(4)18-28(26)29-19-23(5)13-17-27(29)31(30)25-14-10-21(3)11-15-25/h10-19,24H,6-9,20H2,1-5H3. The molecule has 0 radical (unpaired) electrons. The van der Waals surface area contributed by atoms with Gasteiger partial charge >= 0.3 is 0 Å². The molecule has 1 atom stereocenters. The molecule has 0 heterocycles. The molecule has 0 nitrogen and oxygen atoms in total. The Hall–Kier alpha value is -2.60. The van der Waals surface area contributed by atoms with Gasteiger partial charge in [-0.05, 0) is 71.3 Å². The van der Waals surface area contributed by atoms with Crippen LogP contribution in [-0.4, -0.2) is 0 Å². The first-order valence-corrected chi connectivity index (χ1v) is 12.0. The second kappa shape index (κ2) is 9.27. The van der Waals surface area contributed by atoms with Gasteiger partial charge in [-0.25, -0.2) is 0 Å². The predicted molar refractivity (Wildman–Crippen MR) is 138 cm³/mol. The van der Waals surface area contributed by atoms with Crippen LogP contribution in [0, 0.1) is 26.7 Å². The minimum Gasteiger partial charge on any atom is -0.0654 e. The van der Waals surface area contributed by atoms with E-state index in [9.17, 15) is 0 Å². The molecule has 0 bridgehead atoms. The fourth-order valence-corrected chi connectivity index (χ4v) is 5.03. The first-order chi connectivity index (χ1) is 15.0. The Morgan fingerprint density at radius 1 is 0.645 bits per heavy atom. The van der Waals surface area contributed by atoms with E-state index in [4.69, 9.17) is 0 Å². The average Bonchev–Trinajstić information content (AvgIpc) is 2.77. The average molecular weight is 409 g/mol. The van der Waals surface area contributed by atoms with Crippen molar-refractivity contribution in [1.82, 2.24) is 0 Å². The fraction of sp³-hybridized carbons (Fsp3) is 0.355. The van der Waals surface area contributed by atoms with Crippen molar-refractivity contribution in [2.45, 2.75) is 66.7 Å². The highest BCUT2D eigenvalue weighted by atomic mass is 14.2. The summed E-state index contributed by atoms with van der Waals surface area (Å²) < 4.78 is 0. The Morgan fingerprint density at radius 2 is 1.23 bits per heavy atom. The molecule has 4 aromatic rings. The maximum absolute atomic E-state index is 2.40. The van der Waals surface area contributed by atoms with E-state index in [1.54, 1.807) is 0 Å². The van der Waals surface area contributed by atoms with Gasteiger partial charge in [-0.2, -0.15) is 0 Å². The molecule has 0 heteroatoms. The molecular formula is C31H36. The molecule has 0 aromatic heterocycles. The highest BCUT2D eigenvalue weighted by Crippen LogP contribution is 2.41. The lowest BCUT2D eigenvalue weighted by molar-refractivity contribution is 0.451. The quantitative estimate of drug-likeness (QED) is 0.267. The Kier molecular flexibility index (Phi) is 6.46. The molecule has 4 aromatic carbocycles. The first-order valence-electron chi connectivity index (χ1n) is 12.0. The molecule has 0 aliphatic carbocycles. The Labute approximate surface area is 188 Å². The van der Waals surface area contributed by atoms with Gasteiger partial charge in [0.15, 0.2) is 0 Å². The maximum Gasteiger partial charge on any atom is -0.00668 e. The lowest BCUT2D eigenvalue weighted by Gasteiger charge is -2.22. The zero-order valence-corrected chi connectivity index (χ0v) is 19.9. The molecule has 1 unspecified atom stereocenters. The van der Waals surface area contributed by atoms with Gasteiger partial charge in [0.05, 0.1) is 0 Å². The third-order valence-corrected chi connectivity index (χ3v) is 6.91. The zero-order chi connectivity index (χ0) is 22.0. The Bertz CT molecular complexity index is 1190. The van der Waals surface area contributed by atoms with Crippen LogP contribution in [0.3, 0.4) is 0 Å². The normalized spacial score (nSPS) is 12.5. The van der Waals surface area contributed by atoms with E-state index in [0.717, 1.165) is 12.3 Å². The molecule has 0 aliphatic heterocycles. The number of rotatable bonds is 7. The van der Waals surface area contributed by atoms with Crippen LogP contribution in [0.1, 0.15) is 61.8 Å². The summed E-state index contributed by atoms with van der Waals surface area (Å²) in [4.78, 5) is 0. The van der Waals surface area contributed by atoms with E-state index >= 15 is 0 Å². The fourth-order valence-electron chi connectivity index (χ4n) is 5.03. The summed E-state index contributed by atoms with van der Waals surface area (Å²) in [5, 5.41) is 5.64. The molecule has 4 rings (SSSR count). The minimum absolute atomic E-state index is 0.733. The van der Waals surface area contributed by atoms with Crippen molar-refractivity contribution >= 4 is 21.5 Å². The van der Waals surface area contributed by atoms with E-state index in [2.05, 4.69) is 95.3 Å². The number of benzene rings is 4. The van der Waals surface area contributed by atoms with Gasteiger partial charge in [0.2, 0.25) is 0 Å². The van der Waals surface area contributed by atoms with E-state index in [1.165, 1.54) is 80.6 Å². The Balaban J connectivity index is 2.07. The van der Waals surface area contributed by atoms with E-state index in [0.29, 0.717) is 0 Å². The van der Waals surface area contributed by atoms with Gasteiger partial charge in [0.1, 0.15) is 0 Å². The van der Waals surface area contributed by atoms with E-state index < -0.39 is 0 Å². The second-order valence-electron chi connectivity index (χ2n) is 9.44. The van der Waals surface area contributed by atoms with Gasteiger partial charge in [0, 0.05) is 0 Å². The number of hydrogen-bond donors (Lipinski definition) is 0. The van der Waals surface area contributed by atoms with Crippen LogP contribution in [0.4, 0.5) is 0 Å². The summed E-state index contributed by atoms with van der Waals surface area (Å²) in [5.41, 5.74) is 8.31. The maximum atomic E-state index is 2.40. The SMILES string of the molecule is CCCCC(CC)Cc1c(-c2ccc(C)cc2)c2ccc(C)cc2c2cc(C)ccc12. The van der Waals surface area contributed by atoms with Gasteiger partial charge in [0.25, 0.3) is 0 Å². The second-order valence-corrected chi connectivity index (χ2v) is 9.44. The third-order valence-electron chi connectivity index (χ3n) is 6.91. The van der Waals surface area contributed by atoms with Crippen molar-refractivity contribution in [3.05, 3.63) is 82.9 Å².